The zero-order valence-corrected chi connectivity index (χ0v) is 13.9. The Kier molecular flexibility index (Phi) is 8.23. The lowest BCUT2D eigenvalue weighted by atomic mass is 10.1. The van der Waals surface area contributed by atoms with Gasteiger partial charge in [0.05, 0.1) is 12.6 Å². The van der Waals surface area contributed by atoms with Crippen LogP contribution in [0.25, 0.3) is 0 Å². The number of nitrogens with one attached hydrogen (secondary N) is 1. The van der Waals surface area contributed by atoms with E-state index in [1.807, 2.05) is 30.5 Å². The minimum atomic E-state index is -0.469. The average molecular weight is 310 g/mol. The van der Waals surface area contributed by atoms with Crippen LogP contribution in [-0.4, -0.2) is 30.6 Å². The molecule has 0 aliphatic carbocycles. The van der Waals surface area contributed by atoms with Crippen LogP contribution in [0.4, 0.5) is 5.69 Å². The van der Waals surface area contributed by atoms with Gasteiger partial charge in [-0.1, -0.05) is 19.9 Å². The van der Waals surface area contributed by atoms with E-state index in [4.69, 9.17) is 10.5 Å². The summed E-state index contributed by atoms with van der Waals surface area (Å²) in [5.41, 5.74) is 6.57. The highest BCUT2D eigenvalue weighted by Gasteiger charge is 2.13. The molecule has 118 valence electrons. The summed E-state index contributed by atoms with van der Waals surface area (Å²) in [6, 6.07) is 6.97. The molecule has 3 N–H and O–H groups in total. The van der Waals surface area contributed by atoms with Crippen LogP contribution in [-0.2, 0) is 4.79 Å². The maximum Gasteiger partial charge on any atom is 0.241 e. The second-order valence-electron chi connectivity index (χ2n) is 5.44. The van der Waals surface area contributed by atoms with Crippen molar-refractivity contribution in [2.45, 2.75) is 32.7 Å². The van der Waals surface area contributed by atoms with E-state index < -0.39 is 6.04 Å². The van der Waals surface area contributed by atoms with E-state index in [0.29, 0.717) is 18.9 Å². The largest absolute Gasteiger partial charge is 0.494 e. The van der Waals surface area contributed by atoms with Crippen LogP contribution in [0, 0.1) is 5.92 Å². The van der Waals surface area contributed by atoms with Gasteiger partial charge in [0.25, 0.3) is 0 Å². The minimum Gasteiger partial charge on any atom is -0.494 e. The first-order valence-electron chi connectivity index (χ1n) is 7.31. The molecule has 21 heavy (non-hydrogen) atoms. The van der Waals surface area contributed by atoms with Gasteiger partial charge in [-0.2, -0.15) is 11.8 Å². The third kappa shape index (κ3) is 7.39. The maximum absolute atomic E-state index is 11.9. The van der Waals surface area contributed by atoms with Crippen molar-refractivity contribution >= 4 is 23.4 Å². The number of rotatable bonds is 9. The summed E-state index contributed by atoms with van der Waals surface area (Å²) in [6.07, 6.45) is 3.69. The van der Waals surface area contributed by atoms with Gasteiger partial charge in [-0.25, -0.2) is 0 Å². The van der Waals surface area contributed by atoms with Gasteiger partial charge in [-0.3, -0.25) is 4.79 Å². The standard InChI is InChI=1S/C16H26N2O2S/c1-12(2)7-9-20-14-6-4-5-13(11-14)18-16(19)15(17)8-10-21-3/h4-6,11-12,15H,7-10,17H2,1-3H3,(H,18,19)/t15-/m0/s1. The second kappa shape index (κ2) is 9.68. The molecule has 0 aliphatic heterocycles. The molecule has 1 aromatic carbocycles. The Morgan fingerprint density at radius 2 is 2.14 bits per heavy atom. The fraction of sp³-hybridized carbons (Fsp3) is 0.562. The quantitative estimate of drug-likeness (QED) is 0.735. The summed E-state index contributed by atoms with van der Waals surface area (Å²) in [5.74, 6) is 2.12. The number of amides is 1. The number of hydrogen-bond donors (Lipinski definition) is 2. The first kappa shape index (κ1) is 17.9. The molecule has 4 nitrogen and oxygen atoms in total. The fourth-order valence-electron chi connectivity index (χ4n) is 1.69. The summed E-state index contributed by atoms with van der Waals surface area (Å²) in [5, 5.41) is 2.84. The van der Waals surface area contributed by atoms with Gasteiger partial charge in [0.15, 0.2) is 0 Å². The second-order valence-corrected chi connectivity index (χ2v) is 6.42. The van der Waals surface area contributed by atoms with Crippen molar-refractivity contribution < 1.29 is 9.53 Å². The van der Waals surface area contributed by atoms with Gasteiger partial charge in [-0.15, -0.1) is 0 Å². The topological polar surface area (TPSA) is 64.4 Å². The van der Waals surface area contributed by atoms with E-state index in [2.05, 4.69) is 19.2 Å². The Balaban J connectivity index is 2.49. The van der Waals surface area contributed by atoms with E-state index in [1.54, 1.807) is 11.8 Å². The van der Waals surface area contributed by atoms with E-state index in [0.717, 1.165) is 23.6 Å². The third-order valence-corrected chi connectivity index (χ3v) is 3.68. The van der Waals surface area contributed by atoms with Crippen LogP contribution in [0.15, 0.2) is 24.3 Å². The van der Waals surface area contributed by atoms with Crippen molar-refractivity contribution in [1.82, 2.24) is 0 Å². The smallest absolute Gasteiger partial charge is 0.241 e. The molecule has 1 rings (SSSR count). The highest BCUT2D eigenvalue weighted by atomic mass is 32.2. The molecular formula is C16H26N2O2S. The maximum atomic E-state index is 11.9. The van der Waals surface area contributed by atoms with Gasteiger partial charge in [0, 0.05) is 11.8 Å². The number of nitrogens with two attached hydrogens (primary N) is 1. The zero-order chi connectivity index (χ0) is 15.7. The molecule has 0 heterocycles. The van der Waals surface area contributed by atoms with E-state index in [9.17, 15) is 4.79 Å². The molecule has 0 radical (unpaired) electrons. The Bertz CT molecular complexity index is 438. The number of anilines is 1. The normalized spacial score (nSPS) is 12.2. The summed E-state index contributed by atoms with van der Waals surface area (Å²) in [7, 11) is 0. The molecule has 0 bridgehead atoms. The number of hydrogen-bond acceptors (Lipinski definition) is 4. The average Bonchev–Trinajstić information content (AvgIpc) is 2.44. The van der Waals surface area contributed by atoms with Crippen LogP contribution in [0.2, 0.25) is 0 Å². The molecule has 0 aromatic heterocycles. The first-order chi connectivity index (χ1) is 10.0. The van der Waals surface area contributed by atoms with Crippen molar-refractivity contribution in [1.29, 1.82) is 0 Å². The van der Waals surface area contributed by atoms with Crippen molar-refractivity contribution in [2.24, 2.45) is 11.7 Å². The van der Waals surface area contributed by atoms with Crippen molar-refractivity contribution in [3.8, 4) is 5.75 Å². The van der Waals surface area contributed by atoms with Gasteiger partial charge < -0.3 is 15.8 Å². The van der Waals surface area contributed by atoms with Crippen LogP contribution in [0.3, 0.4) is 0 Å². The molecule has 0 spiro atoms. The number of thioether (sulfide) groups is 1. The van der Waals surface area contributed by atoms with Gasteiger partial charge >= 0.3 is 0 Å². The van der Waals surface area contributed by atoms with E-state index in [-0.39, 0.29) is 5.91 Å². The molecular weight excluding hydrogens is 284 g/mol. The molecule has 0 aliphatic rings. The monoisotopic (exact) mass is 310 g/mol. The van der Waals surface area contributed by atoms with Crippen molar-refractivity contribution in [3.63, 3.8) is 0 Å². The Hall–Kier alpha value is -1.20. The van der Waals surface area contributed by atoms with Crippen LogP contribution in [0.1, 0.15) is 26.7 Å². The SMILES string of the molecule is CSCC[C@H](N)C(=O)Nc1cccc(OCCC(C)C)c1. The molecule has 1 amide bonds. The molecule has 0 saturated heterocycles. The predicted octanol–water partition coefficient (Wildman–Crippen LogP) is 3.13. The third-order valence-electron chi connectivity index (χ3n) is 3.04. The lowest BCUT2D eigenvalue weighted by Crippen LogP contribution is -2.36. The molecule has 0 saturated carbocycles. The molecule has 0 unspecified atom stereocenters. The fourth-order valence-corrected chi connectivity index (χ4v) is 2.18. The van der Waals surface area contributed by atoms with Gasteiger partial charge in [0.1, 0.15) is 5.75 Å². The van der Waals surface area contributed by atoms with E-state index in [1.165, 1.54) is 0 Å². The van der Waals surface area contributed by atoms with Crippen LogP contribution >= 0.6 is 11.8 Å². The first-order valence-corrected chi connectivity index (χ1v) is 8.70. The number of benzene rings is 1. The van der Waals surface area contributed by atoms with Gasteiger partial charge in [-0.05, 0) is 42.9 Å². The Labute approximate surface area is 131 Å². The van der Waals surface area contributed by atoms with Crippen molar-refractivity contribution in [3.05, 3.63) is 24.3 Å². The lowest BCUT2D eigenvalue weighted by Gasteiger charge is -2.13. The highest BCUT2D eigenvalue weighted by Crippen LogP contribution is 2.18. The van der Waals surface area contributed by atoms with Crippen LogP contribution < -0.4 is 15.8 Å². The van der Waals surface area contributed by atoms with Crippen molar-refractivity contribution in [2.75, 3.05) is 23.9 Å². The highest BCUT2D eigenvalue weighted by molar-refractivity contribution is 7.98. The molecule has 1 aromatic rings. The number of ether oxygens (including phenoxy) is 1. The summed E-state index contributed by atoms with van der Waals surface area (Å²) < 4.78 is 5.68. The Morgan fingerprint density at radius 1 is 1.38 bits per heavy atom. The predicted molar refractivity (Wildman–Crippen MR) is 91.0 cm³/mol. The lowest BCUT2D eigenvalue weighted by molar-refractivity contribution is -0.117. The molecule has 0 fully saturated rings. The number of carbonyl (C=O) groups is 1. The summed E-state index contributed by atoms with van der Waals surface area (Å²) >= 11 is 1.69. The number of carbonyl (C=O) groups excluding carboxylic acids is 1. The van der Waals surface area contributed by atoms with Crippen LogP contribution in [0.5, 0.6) is 5.75 Å². The zero-order valence-electron chi connectivity index (χ0n) is 13.1. The summed E-state index contributed by atoms with van der Waals surface area (Å²) in [6.45, 7) is 5.01. The van der Waals surface area contributed by atoms with E-state index >= 15 is 0 Å². The van der Waals surface area contributed by atoms with Gasteiger partial charge in [0.2, 0.25) is 5.91 Å². The molecule has 1 atom stereocenters. The minimum absolute atomic E-state index is 0.150. The summed E-state index contributed by atoms with van der Waals surface area (Å²) in [4.78, 5) is 11.9. The Morgan fingerprint density at radius 3 is 2.81 bits per heavy atom. The molecule has 5 heteroatoms.